The molecule has 0 aliphatic carbocycles. The smallest absolute Gasteiger partial charge is 0.174 e. The van der Waals surface area contributed by atoms with Crippen LogP contribution in [-0.2, 0) is 4.74 Å². The Morgan fingerprint density at radius 2 is 2.26 bits per heavy atom. The van der Waals surface area contributed by atoms with Crippen LogP contribution in [0.3, 0.4) is 0 Å². The van der Waals surface area contributed by atoms with Gasteiger partial charge in [0.05, 0.1) is 6.10 Å². The lowest BCUT2D eigenvalue weighted by atomic mass is 10.1. The fourth-order valence-corrected chi connectivity index (χ4v) is 2.20. The average Bonchev–Trinajstić information content (AvgIpc) is 2.96. The van der Waals surface area contributed by atoms with E-state index < -0.39 is 0 Å². The maximum absolute atomic E-state index is 8.45. The summed E-state index contributed by atoms with van der Waals surface area (Å²) in [4.78, 5) is 0. The van der Waals surface area contributed by atoms with Gasteiger partial charge in [-0.2, -0.15) is 5.26 Å². The maximum Gasteiger partial charge on any atom is 0.174 e. The molecular weight excluding hydrogens is 240 g/mol. The molecule has 2 unspecified atom stereocenters. The summed E-state index contributed by atoms with van der Waals surface area (Å²) in [6.45, 7) is 4.02. The number of ether oxygens (including phenoxy) is 2. The van der Waals surface area contributed by atoms with Crippen molar-refractivity contribution >= 4 is 0 Å². The normalized spacial score (nSPS) is 19.9. The Morgan fingerprint density at radius 3 is 2.89 bits per heavy atom. The molecule has 0 amide bonds. The minimum Gasteiger partial charge on any atom is -0.479 e. The predicted octanol–water partition coefficient (Wildman–Crippen LogP) is 2.42. The standard InChI is InChI=1S/C15H20N2O2/c1-12(17-11-15-3-2-9-18-15)13-4-6-14(7-5-13)19-10-8-16/h4-7,12,15,17H,2-3,9-11H2,1H3. The minimum absolute atomic E-state index is 0.0895. The molecule has 1 aliphatic rings. The Kier molecular flexibility index (Phi) is 5.20. The summed E-state index contributed by atoms with van der Waals surface area (Å²) in [5.41, 5.74) is 1.21. The van der Waals surface area contributed by atoms with Crippen LogP contribution in [0, 0.1) is 11.3 Å². The lowest BCUT2D eigenvalue weighted by molar-refractivity contribution is 0.108. The molecule has 1 N–H and O–H groups in total. The Balaban J connectivity index is 1.81. The minimum atomic E-state index is 0.0895. The number of hydrogen-bond acceptors (Lipinski definition) is 4. The van der Waals surface area contributed by atoms with E-state index in [1.807, 2.05) is 30.3 Å². The second-order valence-corrected chi connectivity index (χ2v) is 4.78. The molecule has 4 heteroatoms. The van der Waals surface area contributed by atoms with Gasteiger partial charge in [-0.15, -0.1) is 0 Å². The van der Waals surface area contributed by atoms with Crippen molar-refractivity contribution in [3.63, 3.8) is 0 Å². The van der Waals surface area contributed by atoms with Crippen molar-refractivity contribution in [2.75, 3.05) is 19.8 Å². The Labute approximate surface area is 114 Å². The fraction of sp³-hybridized carbons (Fsp3) is 0.533. The van der Waals surface area contributed by atoms with Crippen molar-refractivity contribution in [3.8, 4) is 11.8 Å². The molecular formula is C15H20N2O2. The molecule has 1 heterocycles. The summed E-state index contributed by atoms with van der Waals surface area (Å²) < 4.78 is 10.8. The first-order valence-corrected chi connectivity index (χ1v) is 6.74. The van der Waals surface area contributed by atoms with Crippen LogP contribution in [0.25, 0.3) is 0 Å². The van der Waals surface area contributed by atoms with Crippen molar-refractivity contribution in [1.29, 1.82) is 5.26 Å². The maximum atomic E-state index is 8.45. The van der Waals surface area contributed by atoms with Gasteiger partial charge >= 0.3 is 0 Å². The first kappa shape index (κ1) is 13.9. The summed E-state index contributed by atoms with van der Waals surface area (Å²) in [6.07, 6.45) is 2.69. The molecule has 102 valence electrons. The first-order chi connectivity index (χ1) is 9.29. The molecule has 0 bridgehead atoms. The number of benzene rings is 1. The fourth-order valence-electron chi connectivity index (χ4n) is 2.20. The van der Waals surface area contributed by atoms with E-state index >= 15 is 0 Å². The largest absolute Gasteiger partial charge is 0.479 e. The highest BCUT2D eigenvalue weighted by atomic mass is 16.5. The molecule has 0 aromatic heterocycles. The summed E-state index contributed by atoms with van der Waals surface area (Å²) in [5.74, 6) is 0.733. The van der Waals surface area contributed by atoms with Crippen molar-refractivity contribution in [2.24, 2.45) is 0 Å². The van der Waals surface area contributed by atoms with Crippen molar-refractivity contribution in [3.05, 3.63) is 29.8 Å². The van der Waals surface area contributed by atoms with Gasteiger partial charge in [0.2, 0.25) is 0 Å². The molecule has 1 saturated heterocycles. The molecule has 19 heavy (non-hydrogen) atoms. The summed E-state index contributed by atoms with van der Waals surface area (Å²) in [5, 5.41) is 11.9. The number of nitriles is 1. The van der Waals surface area contributed by atoms with Gasteiger partial charge < -0.3 is 14.8 Å². The SMILES string of the molecule is CC(NCC1CCCO1)c1ccc(OCC#N)cc1. The van der Waals surface area contributed by atoms with E-state index in [2.05, 4.69) is 12.2 Å². The van der Waals surface area contributed by atoms with Crippen molar-refractivity contribution < 1.29 is 9.47 Å². The molecule has 0 spiro atoms. The molecule has 4 nitrogen and oxygen atoms in total. The summed E-state index contributed by atoms with van der Waals surface area (Å²) in [6, 6.07) is 10.1. The molecule has 1 aromatic rings. The van der Waals surface area contributed by atoms with Gasteiger partial charge in [0.15, 0.2) is 6.61 Å². The van der Waals surface area contributed by atoms with E-state index in [-0.39, 0.29) is 12.6 Å². The van der Waals surface area contributed by atoms with E-state index in [0.29, 0.717) is 6.10 Å². The monoisotopic (exact) mass is 260 g/mol. The van der Waals surface area contributed by atoms with Gasteiger partial charge in [-0.1, -0.05) is 12.1 Å². The number of nitrogens with zero attached hydrogens (tertiary/aromatic N) is 1. The van der Waals surface area contributed by atoms with Gasteiger partial charge in [-0.3, -0.25) is 0 Å². The van der Waals surface area contributed by atoms with Crippen LogP contribution >= 0.6 is 0 Å². The number of nitrogens with one attached hydrogen (secondary N) is 1. The highest BCUT2D eigenvalue weighted by Crippen LogP contribution is 2.18. The van der Waals surface area contributed by atoms with E-state index in [0.717, 1.165) is 25.3 Å². The van der Waals surface area contributed by atoms with Crippen LogP contribution in [0.1, 0.15) is 31.4 Å². The predicted molar refractivity (Wildman–Crippen MR) is 72.9 cm³/mol. The zero-order valence-corrected chi connectivity index (χ0v) is 11.3. The van der Waals surface area contributed by atoms with Gasteiger partial charge in [-0.25, -0.2) is 0 Å². The Morgan fingerprint density at radius 1 is 1.47 bits per heavy atom. The lowest BCUT2D eigenvalue weighted by Gasteiger charge is -2.17. The van der Waals surface area contributed by atoms with Crippen LogP contribution in [0.15, 0.2) is 24.3 Å². The summed E-state index contributed by atoms with van der Waals surface area (Å²) >= 11 is 0. The second-order valence-electron chi connectivity index (χ2n) is 4.78. The highest BCUT2D eigenvalue weighted by molar-refractivity contribution is 5.29. The van der Waals surface area contributed by atoms with Gasteiger partial charge in [0.25, 0.3) is 0 Å². The summed E-state index contributed by atoms with van der Waals surface area (Å²) in [7, 11) is 0. The van der Waals surface area contributed by atoms with Crippen molar-refractivity contribution in [1.82, 2.24) is 5.32 Å². The molecule has 2 rings (SSSR count). The molecule has 1 aliphatic heterocycles. The zero-order valence-electron chi connectivity index (χ0n) is 11.3. The van der Waals surface area contributed by atoms with E-state index in [9.17, 15) is 0 Å². The molecule has 0 radical (unpaired) electrons. The van der Waals surface area contributed by atoms with Gasteiger partial charge in [-0.05, 0) is 37.5 Å². The third-order valence-electron chi connectivity index (χ3n) is 3.36. The van der Waals surface area contributed by atoms with Crippen LogP contribution in [0.4, 0.5) is 0 Å². The molecule has 2 atom stereocenters. The lowest BCUT2D eigenvalue weighted by Crippen LogP contribution is -2.28. The third-order valence-corrected chi connectivity index (χ3v) is 3.36. The van der Waals surface area contributed by atoms with E-state index in [4.69, 9.17) is 14.7 Å². The Bertz CT molecular complexity index is 419. The van der Waals surface area contributed by atoms with Crippen molar-refractivity contribution in [2.45, 2.75) is 31.9 Å². The second kappa shape index (κ2) is 7.13. The van der Waals surface area contributed by atoms with Crippen LogP contribution < -0.4 is 10.1 Å². The van der Waals surface area contributed by atoms with Crippen LogP contribution in [-0.4, -0.2) is 25.9 Å². The quantitative estimate of drug-likeness (QED) is 0.853. The van der Waals surface area contributed by atoms with Crippen LogP contribution in [0.5, 0.6) is 5.75 Å². The van der Waals surface area contributed by atoms with Crippen LogP contribution in [0.2, 0.25) is 0 Å². The Hall–Kier alpha value is -1.57. The van der Waals surface area contributed by atoms with E-state index in [1.165, 1.54) is 12.0 Å². The highest BCUT2D eigenvalue weighted by Gasteiger charge is 2.16. The topological polar surface area (TPSA) is 54.3 Å². The number of rotatable bonds is 6. The molecule has 0 saturated carbocycles. The molecule has 1 fully saturated rings. The number of hydrogen-bond donors (Lipinski definition) is 1. The third kappa shape index (κ3) is 4.23. The first-order valence-electron chi connectivity index (χ1n) is 6.74. The van der Waals surface area contributed by atoms with Gasteiger partial charge in [0.1, 0.15) is 11.8 Å². The van der Waals surface area contributed by atoms with Gasteiger partial charge in [0, 0.05) is 19.2 Å². The zero-order chi connectivity index (χ0) is 13.5. The van der Waals surface area contributed by atoms with E-state index in [1.54, 1.807) is 0 Å². The molecule has 1 aromatic carbocycles. The average molecular weight is 260 g/mol.